The summed E-state index contributed by atoms with van der Waals surface area (Å²) in [5, 5.41) is 12.9. The van der Waals surface area contributed by atoms with Crippen LogP contribution in [0.4, 0.5) is 5.95 Å². The van der Waals surface area contributed by atoms with Crippen LogP contribution in [0.3, 0.4) is 0 Å². The normalized spacial score (nSPS) is 11.0. The van der Waals surface area contributed by atoms with Gasteiger partial charge in [0.2, 0.25) is 5.95 Å². The number of nitrogens with zero attached hydrogens (tertiary/aromatic N) is 2. The van der Waals surface area contributed by atoms with Gasteiger partial charge in [-0.3, -0.25) is 4.57 Å². The van der Waals surface area contributed by atoms with E-state index in [1.807, 2.05) is 48.5 Å². The summed E-state index contributed by atoms with van der Waals surface area (Å²) >= 11 is 5.97. The van der Waals surface area contributed by atoms with Gasteiger partial charge in [0.1, 0.15) is 0 Å². The molecule has 0 saturated carbocycles. The van der Waals surface area contributed by atoms with Crippen LogP contribution in [0.1, 0.15) is 6.42 Å². The van der Waals surface area contributed by atoms with Gasteiger partial charge in [0.25, 0.3) is 0 Å². The molecule has 0 saturated heterocycles. The molecule has 0 unspecified atom stereocenters. The molecule has 0 atom stereocenters. The minimum absolute atomic E-state index is 0.161. The second kappa shape index (κ2) is 6.16. The highest BCUT2D eigenvalue weighted by Gasteiger charge is 2.11. The van der Waals surface area contributed by atoms with Crippen molar-refractivity contribution >= 4 is 28.6 Å². The molecule has 5 heteroatoms. The predicted octanol–water partition coefficient (Wildman–Crippen LogP) is 3.47. The number of hydrogen-bond donors (Lipinski definition) is 2. The molecule has 0 radical (unpaired) electrons. The molecule has 21 heavy (non-hydrogen) atoms. The van der Waals surface area contributed by atoms with Crippen LogP contribution in [0.25, 0.3) is 16.7 Å². The van der Waals surface area contributed by atoms with Gasteiger partial charge in [-0.25, -0.2) is 4.98 Å². The Morgan fingerprint density at radius 3 is 2.62 bits per heavy atom. The van der Waals surface area contributed by atoms with E-state index in [1.165, 1.54) is 0 Å². The summed E-state index contributed by atoms with van der Waals surface area (Å²) in [6.07, 6.45) is 0.684. The number of aliphatic hydroxyl groups is 1. The molecule has 0 bridgehead atoms. The molecule has 108 valence electrons. The number of para-hydroxylation sites is 2. The lowest BCUT2D eigenvalue weighted by Crippen LogP contribution is -2.09. The quantitative estimate of drug-likeness (QED) is 0.709. The number of aromatic nitrogens is 2. The SMILES string of the molecule is OCCCNc1nc2ccccc2n1-c1ccc(Cl)cc1. The summed E-state index contributed by atoms with van der Waals surface area (Å²) in [4.78, 5) is 4.62. The van der Waals surface area contributed by atoms with E-state index in [2.05, 4.69) is 14.9 Å². The highest BCUT2D eigenvalue weighted by molar-refractivity contribution is 6.30. The monoisotopic (exact) mass is 301 g/mol. The fourth-order valence-electron chi connectivity index (χ4n) is 2.28. The van der Waals surface area contributed by atoms with Crippen molar-refractivity contribution in [3.05, 3.63) is 53.6 Å². The molecule has 0 aliphatic heterocycles. The second-order valence-electron chi connectivity index (χ2n) is 4.74. The van der Waals surface area contributed by atoms with E-state index >= 15 is 0 Å². The Hall–Kier alpha value is -2.04. The number of hydrogen-bond acceptors (Lipinski definition) is 3. The minimum atomic E-state index is 0.161. The van der Waals surface area contributed by atoms with Gasteiger partial charge in [-0.2, -0.15) is 0 Å². The number of aliphatic hydroxyl groups excluding tert-OH is 1. The van der Waals surface area contributed by atoms with Gasteiger partial charge >= 0.3 is 0 Å². The van der Waals surface area contributed by atoms with Crippen LogP contribution < -0.4 is 5.32 Å². The average Bonchev–Trinajstić information content (AvgIpc) is 2.87. The van der Waals surface area contributed by atoms with Crippen LogP contribution in [0.5, 0.6) is 0 Å². The number of rotatable bonds is 5. The summed E-state index contributed by atoms with van der Waals surface area (Å²) in [7, 11) is 0. The smallest absolute Gasteiger partial charge is 0.208 e. The van der Waals surface area contributed by atoms with Gasteiger partial charge in [0, 0.05) is 23.9 Å². The molecule has 1 heterocycles. The third-order valence-electron chi connectivity index (χ3n) is 3.26. The van der Waals surface area contributed by atoms with E-state index < -0.39 is 0 Å². The van der Waals surface area contributed by atoms with Gasteiger partial charge in [0.05, 0.1) is 11.0 Å². The van der Waals surface area contributed by atoms with Crippen LogP contribution in [0.2, 0.25) is 5.02 Å². The molecule has 3 rings (SSSR count). The van der Waals surface area contributed by atoms with E-state index in [-0.39, 0.29) is 6.61 Å². The number of halogens is 1. The third-order valence-corrected chi connectivity index (χ3v) is 3.52. The van der Waals surface area contributed by atoms with Gasteiger partial charge in [-0.1, -0.05) is 23.7 Å². The molecule has 0 aliphatic rings. The van der Waals surface area contributed by atoms with Gasteiger partial charge in [-0.05, 0) is 42.8 Å². The largest absolute Gasteiger partial charge is 0.396 e. The van der Waals surface area contributed by atoms with Gasteiger partial charge < -0.3 is 10.4 Å². The summed E-state index contributed by atoms with van der Waals surface area (Å²) in [6, 6.07) is 15.6. The molecule has 1 aromatic heterocycles. The number of nitrogens with one attached hydrogen (secondary N) is 1. The third kappa shape index (κ3) is 2.86. The molecule has 2 N–H and O–H groups in total. The van der Waals surface area contributed by atoms with Crippen LogP contribution in [-0.4, -0.2) is 27.8 Å². The summed E-state index contributed by atoms with van der Waals surface area (Å²) in [6.45, 7) is 0.835. The van der Waals surface area contributed by atoms with Crippen molar-refractivity contribution in [2.75, 3.05) is 18.5 Å². The first-order valence-corrected chi connectivity index (χ1v) is 7.25. The zero-order chi connectivity index (χ0) is 14.7. The molecular weight excluding hydrogens is 286 g/mol. The lowest BCUT2D eigenvalue weighted by atomic mass is 10.3. The van der Waals surface area contributed by atoms with Gasteiger partial charge in [-0.15, -0.1) is 0 Å². The van der Waals surface area contributed by atoms with Crippen molar-refractivity contribution in [3.8, 4) is 5.69 Å². The number of fused-ring (bicyclic) bond motifs is 1. The molecule has 0 fully saturated rings. The van der Waals surface area contributed by atoms with Crippen molar-refractivity contribution in [1.29, 1.82) is 0 Å². The van der Waals surface area contributed by atoms with Crippen molar-refractivity contribution < 1.29 is 5.11 Å². The van der Waals surface area contributed by atoms with E-state index in [0.717, 1.165) is 22.7 Å². The maximum absolute atomic E-state index is 8.92. The van der Waals surface area contributed by atoms with Crippen LogP contribution >= 0.6 is 11.6 Å². The molecule has 0 spiro atoms. The Kier molecular flexibility index (Phi) is 4.08. The van der Waals surface area contributed by atoms with Crippen molar-refractivity contribution in [3.63, 3.8) is 0 Å². The van der Waals surface area contributed by atoms with E-state index in [9.17, 15) is 0 Å². The Bertz CT molecular complexity index is 737. The van der Waals surface area contributed by atoms with E-state index in [4.69, 9.17) is 16.7 Å². The van der Waals surface area contributed by atoms with Crippen LogP contribution in [0.15, 0.2) is 48.5 Å². The summed E-state index contributed by atoms with van der Waals surface area (Å²) in [5.74, 6) is 0.770. The lowest BCUT2D eigenvalue weighted by Gasteiger charge is -2.10. The fourth-order valence-corrected chi connectivity index (χ4v) is 2.40. The topological polar surface area (TPSA) is 50.1 Å². The molecular formula is C16H16ClN3O. The van der Waals surface area contributed by atoms with Crippen LogP contribution in [0, 0.1) is 0 Å². The van der Waals surface area contributed by atoms with Crippen molar-refractivity contribution in [1.82, 2.24) is 9.55 Å². The zero-order valence-corrected chi connectivity index (χ0v) is 12.2. The standard InChI is InChI=1S/C16H16ClN3O/c17-12-6-8-13(9-7-12)20-15-5-2-1-4-14(15)19-16(20)18-10-3-11-21/h1-2,4-9,21H,3,10-11H2,(H,18,19). The van der Waals surface area contributed by atoms with Crippen LogP contribution in [-0.2, 0) is 0 Å². The van der Waals surface area contributed by atoms with Gasteiger partial charge in [0.15, 0.2) is 0 Å². The molecule has 2 aromatic carbocycles. The average molecular weight is 302 g/mol. The first-order chi connectivity index (χ1) is 10.3. The van der Waals surface area contributed by atoms with E-state index in [1.54, 1.807) is 0 Å². The summed E-state index contributed by atoms with van der Waals surface area (Å²) in [5.41, 5.74) is 2.96. The number of imidazole rings is 1. The zero-order valence-electron chi connectivity index (χ0n) is 11.5. The maximum Gasteiger partial charge on any atom is 0.208 e. The van der Waals surface area contributed by atoms with Crippen molar-refractivity contribution in [2.45, 2.75) is 6.42 Å². The Balaban J connectivity index is 2.08. The molecule has 4 nitrogen and oxygen atoms in total. The summed E-state index contributed by atoms with van der Waals surface area (Å²) < 4.78 is 2.06. The minimum Gasteiger partial charge on any atom is -0.396 e. The van der Waals surface area contributed by atoms with E-state index in [0.29, 0.717) is 18.0 Å². The molecule has 3 aromatic rings. The lowest BCUT2D eigenvalue weighted by molar-refractivity contribution is 0.292. The highest BCUT2D eigenvalue weighted by atomic mass is 35.5. The maximum atomic E-state index is 8.92. The highest BCUT2D eigenvalue weighted by Crippen LogP contribution is 2.25. The number of anilines is 1. The Labute approximate surface area is 128 Å². The number of benzene rings is 2. The molecule has 0 amide bonds. The Morgan fingerprint density at radius 2 is 1.86 bits per heavy atom. The second-order valence-corrected chi connectivity index (χ2v) is 5.18. The van der Waals surface area contributed by atoms with Crippen molar-refractivity contribution in [2.24, 2.45) is 0 Å². The first-order valence-electron chi connectivity index (χ1n) is 6.88. The first kappa shape index (κ1) is 13.9. The fraction of sp³-hybridized carbons (Fsp3) is 0.188. The Morgan fingerprint density at radius 1 is 1.10 bits per heavy atom. The molecule has 0 aliphatic carbocycles. The predicted molar refractivity (Wildman–Crippen MR) is 86.3 cm³/mol.